The second-order valence-corrected chi connectivity index (χ2v) is 24.4. The molecule has 49 heavy (non-hydrogen) atoms. The van der Waals surface area contributed by atoms with Crippen LogP contribution in [0.25, 0.3) is 0 Å². The van der Waals surface area contributed by atoms with Crippen LogP contribution in [0, 0.1) is 40.9 Å². The summed E-state index contributed by atoms with van der Waals surface area (Å²) in [7, 11) is 2.28. The molecule has 7 aliphatic heterocycles. The van der Waals surface area contributed by atoms with Crippen molar-refractivity contribution in [2.45, 2.75) is 201 Å². The molecule has 0 aromatic carbocycles. The highest BCUT2D eigenvalue weighted by Crippen LogP contribution is 2.55. The lowest BCUT2D eigenvalue weighted by Crippen LogP contribution is -2.48. The topological polar surface area (TPSA) is 63.9 Å². The number of nitrogens with zero attached hydrogens (tertiary/aromatic N) is 1. The maximum atomic E-state index is 10.3. The molecule has 1 saturated carbocycles. The SMILES string of the molecule is CC(C)C1(C)C2CCC1CN(C)C2.CC(C)C1(O)C[C@H]2CC[C@@H](C1)S2.CC(C)C1(O)C[C@H]2CC[C@H](C1)S2.CC(C)C1(O)C[C@H]2CC[C@H](C1)S2. The first-order valence-corrected chi connectivity index (χ1v) is 23.5. The first-order chi connectivity index (χ1) is 22.8. The van der Waals surface area contributed by atoms with Crippen LogP contribution < -0.4 is 0 Å². The third-order valence-corrected chi connectivity index (χ3v) is 20.0. The average Bonchev–Trinajstić information content (AvgIpc) is 3.71. The smallest absolute Gasteiger partial charge is 0.0691 e. The fraction of sp³-hybridized carbons (Fsp3) is 1.00. The van der Waals surface area contributed by atoms with Gasteiger partial charge in [0, 0.05) is 44.6 Å². The lowest BCUT2D eigenvalue weighted by atomic mass is 9.64. The Labute approximate surface area is 315 Å². The Morgan fingerprint density at radius 2 is 0.694 bits per heavy atom. The van der Waals surface area contributed by atoms with Crippen molar-refractivity contribution in [1.29, 1.82) is 0 Å². The first kappa shape index (κ1) is 41.1. The van der Waals surface area contributed by atoms with E-state index in [9.17, 15) is 15.3 Å². The molecule has 7 saturated heterocycles. The van der Waals surface area contributed by atoms with Crippen molar-refractivity contribution < 1.29 is 15.3 Å². The molecule has 0 radical (unpaired) electrons. The number of thioether (sulfide) groups is 3. The summed E-state index contributed by atoms with van der Waals surface area (Å²) in [6, 6.07) is 0. The van der Waals surface area contributed by atoms with E-state index in [1.165, 1.54) is 64.5 Å². The van der Waals surface area contributed by atoms with Gasteiger partial charge in [-0.1, -0.05) is 62.3 Å². The number of piperidine rings is 1. The second-order valence-electron chi connectivity index (χ2n) is 19.6. The van der Waals surface area contributed by atoms with Crippen LogP contribution >= 0.6 is 35.3 Å². The molecule has 0 aromatic rings. The fourth-order valence-corrected chi connectivity index (χ4v) is 16.5. The number of likely N-dealkylation sites (tertiary alicyclic amines) is 1. The summed E-state index contributed by atoms with van der Waals surface area (Å²) in [6.45, 7) is 22.9. The van der Waals surface area contributed by atoms with E-state index in [0.717, 1.165) is 87.8 Å². The first-order valence-electron chi connectivity index (χ1n) is 20.7. The van der Waals surface area contributed by atoms with Crippen molar-refractivity contribution in [3.05, 3.63) is 0 Å². The second kappa shape index (κ2) is 16.3. The van der Waals surface area contributed by atoms with E-state index in [-0.39, 0.29) is 16.8 Å². The maximum Gasteiger partial charge on any atom is 0.0691 e. The number of aliphatic hydroxyl groups is 3. The Morgan fingerprint density at radius 3 is 0.898 bits per heavy atom. The molecule has 7 heteroatoms. The maximum absolute atomic E-state index is 10.3. The molecule has 0 aromatic heterocycles. The van der Waals surface area contributed by atoms with Crippen molar-refractivity contribution in [2.75, 3.05) is 20.1 Å². The van der Waals surface area contributed by atoms with E-state index in [1.54, 1.807) is 0 Å². The minimum atomic E-state index is -0.336. The molecule has 8 bridgehead atoms. The van der Waals surface area contributed by atoms with Crippen molar-refractivity contribution in [1.82, 2.24) is 4.90 Å². The quantitative estimate of drug-likeness (QED) is 0.265. The van der Waals surface area contributed by atoms with Gasteiger partial charge in [-0.3, -0.25) is 0 Å². The number of rotatable bonds is 4. The van der Waals surface area contributed by atoms with Gasteiger partial charge in [-0.15, -0.1) is 0 Å². The molecule has 8 rings (SSSR count). The zero-order chi connectivity index (χ0) is 35.9. The average molecular weight is 740 g/mol. The Kier molecular flexibility index (Phi) is 13.7. The highest BCUT2D eigenvalue weighted by Gasteiger charge is 2.51. The van der Waals surface area contributed by atoms with E-state index >= 15 is 0 Å². The summed E-state index contributed by atoms with van der Waals surface area (Å²) in [4.78, 5) is 2.53. The van der Waals surface area contributed by atoms with Gasteiger partial charge in [0.05, 0.1) is 16.8 Å². The minimum Gasteiger partial charge on any atom is -0.390 e. The lowest BCUT2D eigenvalue weighted by Gasteiger charge is -2.47. The summed E-state index contributed by atoms with van der Waals surface area (Å²) in [5.74, 6) is 4.09. The van der Waals surface area contributed by atoms with Gasteiger partial charge in [0.1, 0.15) is 0 Å². The number of fused-ring (bicyclic) bond motifs is 8. The van der Waals surface area contributed by atoms with Gasteiger partial charge in [0.2, 0.25) is 0 Å². The summed E-state index contributed by atoms with van der Waals surface area (Å²) in [6.07, 6.45) is 17.2. The zero-order valence-electron chi connectivity index (χ0n) is 33.3. The highest BCUT2D eigenvalue weighted by atomic mass is 32.2. The van der Waals surface area contributed by atoms with Crippen LogP contribution in [-0.2, 0) is 0 Å². The fourth-order valence-electron chi connectivity index (χ4n) is 11.0. The molecule has 1 aliphatic carbocycles. The molecule has 286 valence electrons. The van der Waals surface area contributed by atoms with Crippen LogP contribution in [0.15, 0.2) is 0 Å². The van der Waals surface area contributed by atoms with Crippen LogP contribution in [-0.4, -0.2) is 88.7 Å². The van der Waals surface area contributed by atoms with Gasteiger partial charge < -0.3 is 20.2 Å². The number of hydrogen-bond donors (Lipinski definition) is 3. The van der Waals surface area contributed by atoms with Crippen molar-refractivity contribution in [3.63, 3.8) is 0 Å². The normalized spacial score (nSPS) is 46.7. The van der Waals surface area contributed by atoms with Gasteiger partial charge >= 0.3 is 0 Å². The van der Waals surface area contributed by atoms with Crippen LogP contribution in [0.1, 0.15) is 152 Å². The Hall–Kier alpha value is 0.890. The molecular weight excluding hydrogens is 663 g/mol. The summed E-state index contributed by atoms with van der Waals surface area (Å²) in [5.41, 5.74) is -0.363. The van der Waals surface area contributed by atoms with Gasteiger partial charge in [0.25, 0.3) is 0 Å². The molecule has 3 unspecified atom stereocenters. The monoisotopic (exact) mass is 740 g/mol. The van der Waals surface area contributed by atoms with E-state index in [0.29, 0.717) is 23.2 Å². The van der Waals surface area contributed by atoms with E-state index in [2.05, 4.69) is 110 Å². The molecule has 3 N–H and O–H groups in total. The molecule has 8 aliphatic rings. The third kappa shape index (κ3) is 9.41. The van der Waals surface area contributed by atoms with Crippen molar-refractivity contribution in [2.24, 2.45) is 40.9 Å². The van der Waals surface area contributed by atoms with Crippen molar-refractivity contribution >= 4 is 35.3 Å². The Balaban J connectivity index is 0.000000127. The summed E-state index contributed by atoms with van der Waals surface area (Å²) < 4.78 is 0. The Morgan fingerprint density at radius 1 is 0.449 bits per heavy atom. The predicted molar refractivity (Wildman–Crippen MR) is 217 cm³/mol. The number of hydrogen-bond acceptors (Lipinski definition) is 7. The van der Waals surface area contributed by atoms with Crippen molar-refractivity contribution in [3.8, 4) is 0 Å². The largest absolute Gasteiger partial charge is 0.390 e. The predicted octanol–water partition coefficient (Wildman–Crippen LogP) is 9.91. The minimum absolute atomic E-state index is 0.336. The van der Waals surface area contributed by atoms with Crippen LogP contribution in [0.5, 0.6) is 0 Å². The summed E-state index contributed by atoms with van der Waals surface area (Å²) >= 11 is 6.34. The van der Waals surface area contributed by atoms with Gasteiger partial charge in [0.15, 0.2) is 0 Å². The Bertz CT molecular complexity index is 921. The van der Waals surface area contributed by atoms with E-state index in [4.69, 9.17) is 0 Å². The van der Waals surface area contributed by atoms with Gasteiger partial charge in [-0.05, 0) is 138 Å². The summed E-state index contributed by atoms with van der Waals surface area (Å²) in [5, 5.41) is 35.5. The van der Waals surface area contributed by atoms with E-state index in [1.807, 2.05) is 0 Å². The molecular formula is C42H77NO3S3. The van der Waals surface area contributed by atoms with Gasteiger partial charge in [-0.25, -0.2) is 0 Å². The molecule has 7 heterocycles. The van der Waals surface area contributed by atoms with Crippen LogP contribution in [0.3, 0.4) is 0 Å². The highest BCUT2D eigenvalue weighted by molar-refractivity contribution is 8.01. The van der Waals surface area contributed by atoms with E-state index < -0.39 is 0 Å². The zero-order valence-corrected chi connectivity index (χ0v) is 35.7. The molecule has 9 atom stereocenters. The molecule has 4 nitrogen and oxygen atoms in total. The van der Waals surface area contributed by atoms with Gasteiger partial charge in [-0.2, -0.15) is 35.3 Å². The lowest BCUT2D eigenvalue weighted by molar-refractivity contribution is -0.0199. The standard InChI is InChI=1S/C12H23N.3C10H18OS/c1-9(2)12(3)10-5-6-11(12)8-13(4)7-10;3*1-7(2)10(11)5-8-3-4-9(6-10)12-8/h9-11H,5-8H2,1-4H3;3*7-9,11H,3-6H2,1-2H3/t;8-,9+,10?;2*8-,9-/m..11/s1. The van der Waals surface area contributed by atoms with Crippen LogP contribution in [0.2, 0.25) is 0 Å². The molecule has 0 spiro atoms. The third-order valence-electron chi connectivity index (χ3n) is 15.2. The molecule has 8 fully saturated rings. The molecule has 0 amide bonds. The van der Waals surface area contributed by atoms with Crippen LogP contribution in [0.4, 0.5) is 0 Å².